The zero-order chi connectivity index (χ0) is 58.9. The fourth-order valence-electron chi connectivity index (χ4n) is 8.75. The van der Waals surface area contributed by atoms with Gasteiger partial charge in [-0.25, -0.2) is 0 Å². The van der Waals surface area contributed by atoms with E-state index in [9.17, 15) is 53.1 Å². The van der Waals surface area contributed by atoms with Crippen LogP contribution in [0.3, 0.4) is 0 Å². The molecule has 26 nitrogen and oxygen atoms in total. The van der Waals surface area contributed by atoms with Crippen LogP contribution in [0.2, 0.25) is 0 Å². The van der Waals surface area contributed by atoms with E-state index in [4.69, 9.17) is 28.7 Å². The summed E-state index contributed by atoms with van der Waals surface area (Å²) in [6.07, 6.45) is 3.34. The Labute approximate surface area is 461 Å². The van der Waals surface area contributed by atoms with E-state index >= 15 is 0 Å². The molecule has 0 aromatic heterocycles. The van der Waals surface area contributed by atoms with Gasteiger partial charge in [0.1, 0.15) is 54.4 Å². The van der Waals surface area contributed by atoms with Gasteiger partial charge in [-0.3, -0.25) is 47.9 Å². The Morgan fingerprint density at radius 1 is 0.500 bits per heavy atom. The average molecular weight is 1110 g/mol. The normalized spacial score (nSPS) is 23.9. The molecule has 26 heteroatoms. The van der Waals surface area contributed by atoms with Crippen LogP contribution in [0.15, 0.2) is 0 Å². The molecule has 78 heavy (non-hydrogen) atoms. The van der Waals surface area contributed by atoms with E-state index < -0.39 is 120 Å². The first kappa shape index (κ1) is 70.5. The van der Waals surface area contributed by atoms with Crippen LogP contribution in [-0.2, 0) is 47.9 Å². The van der Waals surface area contributed by atoms with E-state index in [-0.39, 0.29) is 121 Å². The van der Waals surface area contributed by atoms with Crippen LogP contribution in [0.1, 0.15) is 151 Å². The number of amides is 10. The molecule has 21 N–H and O–H groups in total. The molecule has 0 saturated carbocycles. The minimum Gasteiger partial charge on any atom is -0.393 e. The fraction of sp³-hybridized carbons (Fsp3) is 0.808. The van der Waals surface area contributed by atoms with Gasteiger partial charge in [0.25, 0.3) is 0 Å². The van der Waals surface area contributed by atoms with Crippen molar-refractivity contribution >= 4 is 59.1 Å². The van der Waals surface area contributed by atoms with Gasteiger partial charge in [-0.05, 0) is 115 Å². The topological polar surface area (TPSA) is 441 Å². The lowest BCUT2D eigenvalue weighted by Gasteiger charge is -2.29. The molecule has 0 aliphatic carbocycles. The number of hydrogen-bond donors (Lipinski definition) is 16. The minimum absolute atomic E-state index is 0.0628. The van der Waals surface area contributed by atoms with Crippen molar-refractivity contribution in [2.24, 2.45) is 46.4 Å². The standard InChI is InChI=1S/C52H99N15O11/c1-8-9-10-11-12-13-33(68)29-43(69)59-34(14-20-53)45(71)64-39-19-25-58-44(70)40(26-30(2)3)65-48(74)37(17-23-56)60-47(73)36(16-22-55)63-51(77)41(27-31(4)5)67-52(78)42(28-32(6)7)66-49(75)38(18-24-57)61-46(72)35(15-21-54)62-50(39)76/h30-42,68H,8-29,53-57H2,1-7H3,(H,58,70)(H,59,69)(H,60,73)(H,61,72)(H,62,76)(H,63,77)(H,64,71)(H,65,74)(H,66,75)(H,67,78)/t33-,34-,35-,36+,37+,38+,39+,40+,41+,42-/m1/s1. The van der Waals surface area contributed by atoms with E-state index in [0.29, 0.717) is 12.8 Å². The van der Waals surface area contributed by atoms with Crippen LogP contribution in [0.25, 0.3) is 0 Å². The van der Waals surface area contributed by atoms with Gasteiger partial charge in [0.05, 0.1) is 12.5 Å². The summed E-state index contributed by atoms with van der Waals surface area (Å²) in [5.41, 5.74) is 29.5. The van der Waals surface area contributed by atoms with Gasteiger partial charge in [-0.2, -0.15) is 0 Å². The Morgan fingerprint density at radius 3 is 1.23 bits per heavy atom. The Kier molecular flexibility index (Phi) is 35.2. The lowest BCUT2D eigenvalue weighted by Crippen LogP contribution is -2.61. The third-order valence-corrected chi connectivity index (χ3v) is 12.9. The second kappa shape index (κ2) is 38.9. The Hall–Kier alpha value is -5.54. The monoisotopic (exact) mass is 1110 g/mol. The first-order valence-electron chi connectivity index (χ1n) is 28.1. The van der Waals surface area contributed by atoms with Gasteiger partial charge in [-0.15, -0.1) is 0 Å². The lowest BCUT2D eigenvalue weighted by molar-refractivity contribution is -0.136. The molecule has 0 aromatic carbocycles. The molecule has 1 saturated heterocycles. The molecule has 0 radical (unpaired) electrons. The number of hydrogen-bond acceptors (Lipinski definition) is 16. The summed E-state index contributed by atoms with van der Waals surface area (Å²) < 4.78 is 0. The average Bonchev–Trinajstić information content (AvgIpc) is 3.35. The molecular formula is C52H99N15O11. The molecule has 1 fully saturated rings. The van der Waals surface area contributed by atoms with Crippen molar-refractivity contribution in [2.75, 3.05) is 39.3 Å². The van der Waals surface area contributed by atoms with Crippen LogP contribution in [0.5, 0.6) is 0 Å². The Bertz CT molecular complexity index is 1890. The van der Waals surface area contributed by atoms with E-state index in [1.54, 1.807) is 0 Å². The molecule has 0 spiro atoms. The number of carbonyl (C=O) groups excluding carboxylic acids is 10. The zero-order valence-corrected chi connectivity index (χ0v) is 47.5. The predicted octanol–water partition coefficient (Wildman–Crippen LogP) is -3.14. The van der Waals surface area contributed by atoms with Gasteiger partial charge in [0.2, 0.25) is 59.1 Å². The second-order valence-corrected chi connectivity index (χ2v) is 21.5. The quantitative estimate of drug-likeness (QED) is 0.0362. The molecule has 1 aliphatic heterocycles. The van der Waals surface area contributed by atoms with Crippen molar-refractivity contribution in [3.8, 4) is 0 Å². The molecule has 0 aromatic rings. The predicted molar refractivity (Wildman–Crippen MR) is 296 cm³/mol. The van der Waals surface area contributed by atoms with Gasteiger partial charge in [-0.1, -0.05) is 80.6 Å². The summed E-state index contributed by atoms with van der Waals surface area (Å²) >= 11 is 0. The van der Waals surface area contributed by atoms with E-state index in [1.165, 1.54) is 0 Å². The van der Waals surface area contributed by atoms with Crippen molar-refractivity contribution in [3.05, 3.63) is 0 Å². The third kappa shape index (κ3) is 27.9. The highest BCUT2D eigenvalue weighted by Gasteiger charge is 2.36. The van der Waals surface area contributed by atoms with Crippen LogP contribution >= 0.6 is 0 Å². The lowest BCUT2D eigenvalue weighted by atomic mass is 9.99. The molecule has 1 aliphatic rings. The van der Waals surface area contributed by atoms with Crippen LogP contribution in [-0.4, -0.2) is 164 Å². The highest BCUT2D eigenvalue weighted by Crippen LogP contribution is 2.13. The first-order valence-corrected chi connectivity index (χ1v) is 28.1. The highest BCUT2D eigenvalue weighted by molar-refractivity contribution is 5.98. The first-order chi connectivity index (χ1) is 36.9. The summed E-state index contributed by atoms with van der Waals surface area (Å²) in [6, 6.07) is -11.8. The minimum atomic E-state index is -1.50. The molecule has 10 atom stereocenters. The summed E-state index contributed by atoms with van der Waals surface area (Å²) in [6.45, 7) is 12.2. The Morgan fingerprint density at radius 2 is 0.859 bits per heavy atom. The number of unbranched alkanes of at least 4 members (excludes halogenated alkanes) is 4. The third-order valence-electron chi connectivity index (χ3n) is 12.9. The second-order valence-electron chi connectivity index (χ2n) is 21.5. The van der Waals surface area contributed by atoms with Crippen molar-refractivity contribution in [1.82, 2.24) is 53.2 Å². The van der Waals surface area contributed by atoms with Gasteiger partial charge >= 0.3 is 0 Å². The van der Waals surface area contributed by atoms with Gasteiger partial charge < -0.3 is 86.9 Å². The van der Waals surface area contributed by atoms with Crippen molar-refractivity contribution in [1.29, 1.82) is 0 Å². The maximum Gasteiger partial charge on any atom is 0.243 e. The van der Waals surface area contributed by atoms with Crippen LogP contribution < -0.4 is 81.8 Å². The molecule has 10 amide bonds. The molecule has 448 valence electrons. The molecular weight excluding hydrogens is 1010 g/mol. The highest BCUT2D eigenvalue weighted by atomic mass is 16.3. The number of aliphatic hydroxyl groups excluding tert-OH is 1. The summed E-state index contributed by atoms with van der Waals surface area (Å²) in [5.74, 6) is -8.28. The summed E-state index contributed by atoms with van der Waals surface area (Å²) in [7, 11) is 0. The number of carbonyl (C=O) groups is 10. The fourth-order valence-corrected chi connectivity index (χ4v) is 8.75. The SMILES string of the molecule is CCCCCCC[C@@H](O)CC(=O)N[C@H](CCN)C(=O)N[C@H]1CCNC(=O)[C@H](CC(C)C)NC(=O)[C@H](CCN)NC(=O)[C@H](CCN)NC(=O)[C@H](CC(C)C)NC(=O)[C@@H](CC(C)C)NC(=O)[C@H](CCN)NC(=O)[C@@H](CCN)NC1=O. The smallest absolute Gasteiger partial charge is 0.243 e. The largest absolute Gasteiger partial charge is 0.393 e. The maximum absolute atomic E-state index is 14.4. The maximum atomic E-state index is 14.4. The Balaban J connectivity index is 3.91. The zero-order valence-electron chi connectivity index (χ0n) is 47.5. The molecule has 1 rings (SSSR count). The van der Waals surface area contributed by atoms with E-state index in [1.807, 2.05) is 41.5 Å². The van der Waals surface area contributed by atoms with Gasteiger partial charge in [0, 0.05) is 6.54 Å². The molecule has 0 unspecified atom stereocenters. The van der Waals surface area contributed by atoms with Crippen LogP contribution in [0.4, 0.5) is 0 Å². The molecule has 0 bridgehead atoms. The van der Waals surface area contributed by atoms with Crippen LogP contribution in [0, 0.1) is 17.8 Å². The number of rotatable bonds is 27. The van der Waals surface area contributed by atoms with Crippen molar-refractivity contribution < 1.29 is 53.1 Å². The van der Waals surface area contributed by atoms with Crippen molar-refractivity contribution in [3.63, 3.8) is 0 Å². The van der Waals surface area contributed by atoms with Crippen molar-refractivity contribution in [2.45, 2.75) is 212 Å². The molecule has 1 heterocycles. The number of nitrogens with one attached hydrogen (secondary N) is 10. The number of nitrogens with two attached hydrogens (primary N) is 5. The van der Waals surface area contributed by atoms with Gasteiger partial charge in [0.15, 0.2) is 0 Å². The van der Waals surface area contributed by atoms with E-state index in [0.717, 1.165) is 25.7 Å². The number of aliphatic hydroxyl groups is 1. The van der Waals surface area contributed by atoms with E-state index in [2.05, 4.69) is 60.1 Å². The summed E-state index contributed by atoms with van der Waals surface area (Å²) in [5, 5.41) is 37.2. The summed E-state index contributed by atoms with van der Waals surface area (Å²) in [4.78, 5) is 140.